The fourth-order valence-corrected chi connectivity index (χ4v) is 4.06. The molecule has 1 saturated heterocycles. The number of nitrogens with zero attached hydrogens (tertiary/aromatic N) is 2. The van der Waals surface area contributed by atoms with Crippen LogP contribution in [0.5, 0.6) is 0 Å². The van der Waals surface area contributed by atoms with Crippen molar-refractivity contribution in [2.24, 2.45) is 0 Å². The van der Waals surface area contributed by atoms with E-state index < -0.39 is 5.60 Å². The Morgan fingerprint density at radius 2 is 2.09 bits per heavy atom. The van der Waals surface area contributed by atoms with Crippen LogP contribution in [-0.2, 0) is 16.0 Å². The number of ether oxygens (including phenoxy) is 2. The predicted molar refractivity (Wildman–Crippen MR) is 90.3 cm³/mol. The number of rotatable bonds is 3. The van der Waals surface area contributed by atoms with Gasteiger partial charge in [0.05, 0.1) is 12.2 Å². The molecular weight excluding hydrogens is 368 g/mol. The molecule has 5 nitrogen and oxygen atoms in total. The molecule has 0 bridgehead atoms. The summed E-state index contributed by atoms with van der Waals surface area (Å²) in [6.07, 6.45) is 1.70. The van der Waals surface area contributed by atoms with Gasteiger partial charge in [-0.25, -0.2) is 9.78 Å². The molecule has 0 aromatic carbocycles. The Kier molecular flexibility index (Phi) is 5.85. The van der Waals surface area contributed by atoms with Gasteiger partial charge < -0.3 is 14.4 Å². The van der Waals surface area contributed by atoms with Crippen molar-refractivity contribution in [3.05, 3.63) is 14.5 Å². The number of hydrogen-bond acceptors (Lipinski definition) is 5. The maximum atomic E-state index is 12.1. The molecule has 1 aromatic rings. The fraction of sp³-hybridized carbons (Fsp3) is 0.733. The van der Waals surface area contributed by atoms with E-state index in [-0.39, 0.29) is 6.09 Å². The third-order valence-corrected chi connectivity index (χ3v) is 5.10. The van der Waals surface area contributed by atoms with E-state index in [0.717, 1.165) is 35.7 Å². The van der Waals surface area contributed by atoms with Gasteiger partial charge >= 0.3 is 6.09 Å². The number of thiazole rings is 1. The van der Waals surface area contributed by atoms with Crippen molar-refractivity contribution in [2.45, 2.75) is 51.7 Å². The smallest absolute Gasteiger partial charge is 0.410 e. The Hall–Kier alpha value is -0.660. The van der Waals surface area contributed by atoms with Crippen LogP contribution in [0.2, 0.25) is 0 Å². The third-order valence-electron chi connectivity index (χ3n) is 3.39. The average Bonchev–Trinajstić information content (AvgIpc) is 2.78. The largest absolute Gasteiger partial charge is 0.444 e. The second kappa shape index (κ2) is 7.27. The van der Waals surface area contributed by atoms with Crippen molar-refractivity contribution < 1.29 is 14.3 Å². The first-order chi connectivity index (χ1) is 10.3. The molecule has 0 N–H and O–H groups in total. The SMILES string of the molecule is CN(Cc1nc(Br)sc1C1CCOCC1)C(=O)OC(C)(C)C. The van der Waals surface area contributed by atoms with Crippen LogP contribution in [0.1, 0.15) is 50.1 Å². The summed E-state index contributed by atoms with van der Waals surface area (Å²) in [5.41, 5.74) is 0.467. The highest BCUT2D eigenvalue weighted by atomic mass is 79.9. The summed E-state index contributed by atoms with van der Waals surface area (Å²) in [7, 11) is 1.75. The standard InChI is InChI=1S/C15H23BrN2O3S/c1-15(2,3)21-14(19)18(4)9-11-12(22-13(16)17-11)10-5-7-20-8-6-10/h10H,5-9H2,1-4H3. The minimum atomic E-state index is -0.489. The molecule has 0 unspecified atom stereocenters. The summed E-state index contributed by atoms with van der Waals surface area (Å²) in [6, 6.07) is 0. The van der Waals surface area contributed by atoms with Crippen LogP contribution < -0.4 is 0 Å². The number of amides is 1. The van der Waals surface area contributed by atoms with Crippen molar-refractivity contribution in [1.82, 2.24) is 9.88 Å². The molecule has 0 atom stereocenters. The lowest BCUT2D eigenvalue weighted by molar-refractivity contribution is 0.0282. The first kappa shape index (κ1) is 17.7. The van der Waals surface area contributed by atoms with Crippen molar-refractivity contribution in [3.63, 3.8) is 0 Å². The Morgan fingerprint density at radius 3 is 2.68 bits per heavy atom. The van der Waals surface area contributed by atoms with E-state index >= 15 is 0 Å². The van der Waals surface area contributed by atoms with Gasteiger partial charge in [-0.05, 0) is 55.5 Å². The van der Waals surface area contributed by atoms with Gasteiger partial charge in [-0.3, -0.25) is 0 Å². The van der Waals surface area contributed by atoms with Gasteiger partial charge in [0, 0.05) is 25.1 Å². The molecule has 22 heavy (non-hydrogen) atoms. The molecule has 1 aliphatic heterocycles. The molecule has 0 aliphatic carbocycles. The number of aromatic nitrogens is 1. The maximum absolute atomic E-state index is 12.1. The average molecular weight is 391 g/mol. The molecule has 1 fully saturated rings. The number of carbonyl (C=O) groups is 1. The highest BCUT2D eigenvalue weighted by Gasteiger charge is 2.25. The normalized spacial score (nSPS) is 16.6. The summed E-state index contributed by atoms with van der Waals surface area (Å²) in [4.78, 5) is 19.5. The molecular formula is C15H23BrN2O3S. The first-order valence-corrected chi connectivity index (χ1v) is 9.04. The predicted octanol–water partition coefficient (Wildman–Crippen LogP) is 4.17. The van der Waals surface area contributed by atoms with Gasteiger partial charge in [-0.1, -0.05) is 0 Å². The Bertz CT molecular complexity index is 521. The Labute approximate surface area is 144 Å². The molecule has 0 radical (unpaired) electrons. The number of carbonyl (C=O) groups excluding carboxylic acids is 1. The number of halogens is 1. The van der Waals surface area contributed by atoms with Crippen LogP contribution in [0.4, 0.5) is 4.79 Å². The second-order valence-electron chi connectivity index (χ2n) is 6.50. The summed E-state index contributed by atoms with van der Waals surface area (Å²) in [5.74, 6) is 0.472. The second-order valence-corrected chi connectivity index (χ2v) is 8.81. The summed E-state index contributed by atoms with van der Waals surface area (Å²) < 4.78 is 11.7. The summed E-state index contributed by atoms with van der Waals surface area (Å²) in [6.45, 7) is 7.65. The van der Waals surface area contributed by atoms with E-state index in [1.54, 1.807) is 23.3 Å². The zero-order chi connectivity index (χ0) is 16.3. The van der Waals surface area contributed by atoms with Crippen LogP contribution in [-0.4, -0.2) is 41.8 Å². The molecule has 0 spiro atoms. The Balaban J connectivity index is 2.07. The minimum absolute atomic E-state index is 0.324. The quantitative estimate of drug-likeness (QED) is 0.776. The van der Waals surface area contributed by atoms with E-state index in [1.165, 1.54) is 4.88 Å². The van der Waals surface area contributed by atoms with E-state index in [4.69, 9.17) is 9.47 Å². The fourth-order valence-electron chi connectivity index (χ4n) is 2.35. The van der Waals surface area contributed by atoms with Crippen molar-refractivity contribution in [1.29, 1.82) is 0 Å². The highest BCUT2D eigenvalue weighted by molar-refractivity contribution is 9.11. The summed E-state index contributed by atoms with van der Waals surface area (Å²) in [5, 5.41) is 0. The lowest BCUT2D eigenvalue weighted by Crippen LogP contribution is -2.34. The van der Waals surface area contributed by atoms with Crippen LogP contribution in [0, 0.1) is 0 Å². The lowest BCUT2D eigenvalue weighted by Gasteiger charge is -2.25. The molecule has 1 aliphatic rings. The van der Waals surface area contributed by atoms with E-state index in [0.29, 0.717) is 12.5 Å². The number of hydrogen-bond donors (Lipinski definition) is 0. The van der Waals surface area contributed by atoms with Crippen molar-refractivity contribution in [2.75, 3.05) is 20.3 Å². The zero-order valence-corrected chi connectivity index (χ0v) is 15.9. The van der Waals surface area contributed by atoms with E-state index in [2.05, 4.69) is 20.9 Å². The zero-order valence-electron chi connectivity index (χ0n) is 13.5. The molecule has 124 valence electrons. The summed E-state index contributed by atoms with van der Waals surface area (Å²) >= 11 is 5.13. The minimum Gasteiger partial charge on any atom is -0.444 e. The van der Waals surface area contributed by atoms with Crippen LogP contribution in [0.3, 0.4) is 0 Å². The third kappa shape index (κ3) is 4.93. The van der Waals surface area contributed by atoms with Crippen LogP contribution >= 0.6 is 27.3 Å². The van der Waals surface area contributed by atoms with Crippen molar-refractivity contribution >= 4 is 33.4 Å². The Morgan fingerprint density at radius 1 is 1.45 bits per heavy atom. The molecule has 2 rings (SSSR count). The lowest BCUT2D eigenvalue weighted by atomic mass is 9.97. The first-order valence-electron chi connectivity index (χ1n) is 7.43. The van der Waals surface area contributed by atoms with Gasteiger partial charge in [-0.15, -0.1) is 11.3 Å². The van der Waals surface area contributed by atoms with E-state index in [9.17, 15) is 4.79 Å². The topological polar surface area (TPSA) is 51.7 Å². The highest BCUT2D eigenvalue weighted by Crippen LogP contribution is 2.36. The monoisotopic (exact) mass is 390 g/mol. The molecule has 7 heteroatoms. The van der Waals surface area contributed by atoms with Crippen LogP contribution in [0.25, 0.3) is 0 Å². The van der Waals surface area contributed by atoms with Crippen LogP contribution in [0.15, 0.2) is 3.92 Å². The molecule has 1 aromatic heterocycles. The van der Waals surface area contributed by atoms with Gasteiger partial charge in [-0.2, -0.15) is 0 Å². The van der Waals surface area contributed by atoms with Gasteiger partial charge in [0.1, 0.15) is 5.60 Å². The molecule has 1 amide bonds. The van der Waals surface area contributed by atoms with E-state index in [1.807, 2.05) is 20.8 Å². The van der Waals surface area contributed by atoms with Gasteiger partial charge in [0.25, 0.3) is 0 Å². The van der Waals surface area contributed by atoms with Gasteiger partial charge in [0.2, 0.25) is 0 Å². The molecule has 2 heterocycles. The molecule has 0 saturated carbocycles. The van der Waals surface area contributed by atoms with Crippen molar-refractivity contribution in [3.8, 4) is 0 Å². The maximum Gasteiger partial charge on any atom is 0.410 e. The van der Waals surface area contributed by atoms with Gasteiger partial charge in [0.15, 0.2) is 3.92 Å².